The molecule has 142 valence electrons. The molecule has 3 aromatic heterocycles. The second-order valence-electron chi connectivity index (χ2n) is 6.48. The molecule has 0 unspecified atom stereocenters. The average Bonchev–Trinajstić information content (AvgIpc) is 3.07. The molecule has 1 saturated heterocycles. The molecule has 0 radical (unpaired) electrons. The third kappa shape index (κ3) is 3.78. The highest BCUT2D eigenvalue weighted by atomic mass is 32.1. The summed E-state index contributed by atoms with van der Waals surface area (Å²) in [5.41, 5.74) is 2.99. The molecule has 2 N–H and O–H groups in total. The third-order valence-corrected chi connectivity index (χ3v) is 5.58. The maximum Gasteiger partial charge on any atom is 0.229 e. The van der Waals surface area contributed by atoms with E-state index in [4.69, 9.17) is 0 Å². The van der Waals surface area contributed by atoms with Gasteiger partial charge in [-0.2, -0.15) is 5.26 Å². The lowest BCUT2D eigenvalue weighted by atomic mass is 10.2. The first-order valence-electron chi connectivity index (χ1n) is 9.04. The Morgan fingerprint density at radius 3 is 2.61 bits per heavy atom. The van der Waals surface area contributed by atoms with Crippen LogP contribution in [0.5, 0.6) is 0 Å². The lowest BCUT2D eigenvalue weighted by Crippen LogP contribution is -2.43. The van der Waals surface area contributed by atoms with Crippen LogP contribution in [-0.2, 0) is 0 Å². The molecule has 1 fully saturated rings. The summed E-state index contributed by atoms with van der Waals surface area (Å²) in [7, 11) is 0. The standard InChI is InChI=1S/C19H20N8S/c1-12-18(28-13(2)24-12)17-14(9-20)10-23-19(26-17)25-16-4-3-15(11-22-16)27-7-5-21-6-8-27/h3-4,10-11,21H,5-8H2,1-2H3,(H,22,23,25,26). The van der Waals surface area contributed by atoms with Gasteiger partial charge in [0, 0.05) is 26.2 Å². The summed E-state index contributed by atoms with van der Waals surface area (Å²) in [5.74, 6) is 1.06. The number of nitrogens with zero attached hydrogens (tertiary/aromatic N) is 6. The van der Waals surface area contributed by atoms with Crippen molar-refractivity contribution in [2.75, 3.05) is 36.4 Å². The molecule has 4 heterocycles. The van der Waals surface area contributed by atoms with E-state index in [1.165, 1.54) is 17.5 Å². The lowest BCUT2D eigenvalue weighted by molar-refractivity contribution is 0.589. The Kier molecular flexibility index (Phi) is 5.14. The fourth-order valence-corrected chi connectivity index (χ4v) is 4.06. The lowest BCUT2D eigenvalue weighted by Gasteiger charge is -2.29. The number of rotatable bonds is 4. The summed E-state index contributed by atoms with van der Waals surface area (Å²) in [5, 5.41) is 16.8. The molecule has 1 aliphatic heterocycles. The fourth-order valence-electron chi connectivity index (χ4n) is 3.13. The van der Waals surface area contributed by atoms with Gasteiger partial charge in [0.05, 0.1) is 39.2 Å². The quantitative estimate of drug-likeness (QED) is 0.698. The van der Waals surface area contributed by atoms with Crippen molar-refractivity contribution in [3.05, 3.63) is 40.8 Å². The van der Waals surface area contributed by atoms with Gasteiger partial charge in [-0.25, -0.2) is 19.9 Å². The summed E-state index contributed by atoms with van der Waals surface area (Å²) < 4.78 is 0. The maximum atomic E-state index is 9.42. The normalized spacial score (nSPS) is 14.0. The van der Waals surface area contributed by atoms with Crippen molar-refractivity contribution in [1.29, 1.82) is 5.26 Å². The highest BCUT2D eigenvalue weighted by molar-refractivity contribution is 7.15. The number of hydrogen-bond acceptors (Lipinski definition) is 9. The summed E-state index contributed by atoms with van der Waals surface area (Å²) in [4.78, 5) is 20.9. The van der Waals surface area contributed by atoms with Gasteiger partial charge in [-0.05, 0) is 26.0 Å². The highest BCUT2D eigenvalue weighted by Crippen LogP contribution is 2.31. The first-order valence-corrected chi connectivity index (χ1v) is 9.86. The Bertz CT molecular complexity index is 1020. The summed E-state index contributed by atoms with van der Waals surface area (Å²) in [6.07, 6.45) is 3.39. The predicted molar refractivity (Wildman–Crippen MR) is 110 cm³/mol. The molecule has 0 amide bonds. The van der Waals surface area contributed by atoms with Gasteiger partial charge in [-0.3, -0.25) is 0 Å². The molecule has 8 nitrogen and oxygen atoms in total. The van der Waals surface area contributed by atoms with Crippen molar-refractivity contribution >= 4 is 28.8 Å². The van der Waals surface area contributed by atoms with Crippen LogP contribution in [0, 0.1) is 25.2 Å². The number of thiazole rings is 1. The maximum absolute atomic E-state index is 9.42. The second-order valence-corrected chi connectivity index (χ2v) is 7.68. The van der Waals surface area contributed by atoms with Gasteiger partial charge in [0.2, 0.25) is 5.95 Å². The molecular formula is C19H20N8S. The summed E-state index contributed by atoms with van der Waals surface area (Å²) >= 11 is 1.52. The van der Waals surface area contributed by atoms with Gasteiger partial charge in [0.15, 0.2) is 0 Å². The number of piperazine rings is 1. The van der Waals surface area contributed by atoms with E-state index in [1.54, 1.807) is 0 Å². The van der Waals surface area contributed by atoms with Crippen LogP contribution in [0.2, 0.25) is 0 Å². The topological polar surface area (TPSA) is 103 Å². The summed E-state index contributed by atoms with van der Waals surface area (Å²) in [6, 6.07) is 6.13. The van der Waals surface area contributed by atoms with E-state index in [0.717, 1.165) is 47.4 Å². The van der Waals surface area contributed by atoms with Gasteiger partial charge >= 0.3 is 0 Å². The molecule has 28 heavy (non-hydrogen) atoms. The van der Waals surface area contributed by atoms with Crippen molar-refractivity contribution in [3.8, 4) is 16.6 Å². The molecule has 3 aromatic rings. The molecule has 0 bridgehead atoms. The molecule has 0 aromatic carbocycles. The molecule has 0 saturated carbocycles. The summed E-state index contributed by atoms with van der Waals surface area (Å²) in [6.45, 7) is 7.79. The number of hydrogen-bond donors (Lipinski definition) is 2. The van der Waals surface area contributed by atoms with Crippen molar-refractivity contribution < 1.29 is 0 Å². The molecule has 4 rings (SSSR count). The van der Waals surface area contributed by atoms with Crippen LogP contribution in [-0.4, -0.2) is 46.1 Å². The van der Waals surface area contributed by atoms with E-state index in [-0.39, 0.29) is 0 Å². The second kappa shape index (κ2) is 7.88. The van der Waals surface area contributed by atoms with Crippen molar-refractivity contribution in [2.24, 2.45) is 0 Å². The third-order valence-electron chi connectivity index (χ3n) is 4.50. The largest absolute Gasteiger partial charge is 0.368 e. The van der Waals surface area contributed by atoms with E-state index in [0.29, 0.717) is 23.0 Å². The number of aryl methyl sites for hydroxylation is 2. The van der Waals surface area contributed by atoms with Crippen LogP contribution in [0.3, 0.4) is 0 Å². The fraction of sp³-hybridized carbons (Fsp3) is 0.316. The Balaban J connectivity index is 1.57. The van der Waals surface area contributed by atoms with Crippen LogP contribution in [0.4, 0.5) is 17.5 Å². The minimum absolute atomic E-state index is 0.405. The van der Waals surface area contributed by atoms with Gasteiger partial charge in [0.1, 0.15) is 17.6 Å². The van der Waals surface area contributed by atoms with Gasteiger partial charge in [-0.1, -0.05) is 0 Å². The van der Waals surface area contributed by atoms with E-state index in [2.05, 4.69) is 41.5 Å². The SMILES string of the molecule is Cc1nc(C)c(-c2nc(Nc3ccc(N4CCNCC4)cn3)ncc2C#N)s1. The minimum Gasteiger partial charge on any atom is -0.368 e. The zero-order chi connectivity index (χ0) is 19.5. The zero-order valence-electron chi connectivity index (χ0n) is 15.7. The van der Waals surface area contributed by atoms with Crippen molar-refractivity contribution in [1.82, 2.24) is 25.3 Å². The highest BCUT2D eigenvalue weighted by Gasteiger charge is 2.16. The van der Waals surface area contributed by atoms with Crippen LogP contribution in [0.25, 0.3) is 10.6 Å². The Morgan fingerprint density at radius 2 is 1.96 bits per heavy atom. The van der Waals surface area contributed by atoms with Crippen LogP contribution in [0.15, 0.2) is 24.5 Å². The van der Waals surface area contributed by atoms with Crippen LogP contribution >= 0.6 is 11.3 Å². The molecule has 0 atom stereocenters. The predicted octanol–water partition coefficient (Wildman–Crippen LogP) is 2.64. The number of nitrogens with one attached hydrogen (secondary N) is 2. The number of pyridine rings is 1. The number of nitriles is 1. The molecule has 0 aliphatic carbocycles. The van der Waals surface area contributed by atoms with E-state index >= 15 is 0 Å². The average molecular weight is 392 g/mol. The molecule has 0 spiro atoms. The van der Waals surface area contributed by atoms with E-state index < -0.39 is 0 Å². The van der Waals surface area contributed by atoms with E-state index in [9.17, 15) is 5.26 Å². The zero-order valence-corrected chi connectivity index (χ0v) is 16.5. The number of aromatic nitrogens is 4. The van der Waals surface area contributed by atoms with Crippen LogP contribution in [0.1, 0.15) is 16.3 Å². The van der Waals surface area contributed by atoms with Crippen LogP contribution < -0.4 is 15.5 Å². The van der Waals surface area contributed by atoms with Crippen molar-refractivity contribution in [2.45, 2.75) is 13.8 Å². The number of anilines is 3. The minimum atomic E-state index is 0.405. The molecular weight excluding hydrogens is 372 g/mol. The first-order chi connectivity index (χ1) is 13.6. The molecule has 1 aliphatic rings. The van der Waals surface area contributed by atoms with Gasteiger partial charge in [-0.15, -0.1) is 11.3 Å². The molecule has 9 heteroatoms. The smallest absolute Gasteiger partial charge is 0.229 e. The van der Waals surface area contributed by atoms with E-state index in [1.807, 2.05) is 32.2 Å². The Labute approximate surface area is 167 Å². The van der Waals surface area contributed by atoms with Crippen molar-refractivity contribution in [3.63, 3.8) is 0 Å². The van der Waals surface area contributed by atoms with Gasteiger partial charge in [0.25, 0.3) is 0 Å². The Morgan fingerprint density at radius 1 is 1.14 bits per heavy atom. The first kappa shape index (κ1) is 18.3. The van der Waals surface area contributed by atoms with Gasteiger partial charge < -0.3 is 15.5 Å². The monoisotopic (exact) mass is 392 g/mol. The Hall–Kier alpha value is -3.09.